The largest absolute Gasteiger partial charge is 0.462 e. The zero-order valence-corrected chi connectivity index (χ0v) is 19.2. The molecule has 32 heavy (non-hydrogen) atoms. The van der Waals surface area contributed by atoms with Crippen LogP contribution in [-0.4, -0.2) is 29.0 Å². The molecule has 1 aliphatic carbocycles. The molecule has 2 N–H and O–H groups in total. The van der Waals surface area contributed by atoms with Crippen LogP contribution in [0.15, 0.2) is 30.3 Å². The Morgan fingerprint density at radius 1 is 1.16 bits per heavy atom. The SMILES string of the molecule is CCOC(=O)c1c(/C=C/C(=O)NCc2cccc(NC(=O)C3CC3)c2)c(C)n(CC)c1C. The van der Waals surface area contributed by atoms with Crippen LogP contribution in [0, 0.1) is 19.8 Å². The van der Waals surface area contributed by atoms with Gasteiger partial charge in [0.05, 0.1) is 12.2 Å². The second kappa shape index (κ2) is 10.3. The molecule has 170 valence electrons. The number of ether oxygens (including phenoxy) is 1. The quantitative estimate of drug-likeness (QED) is 0.459. The van der Waals surface area contributed by atoms with Crippen molar-refractivity contribution in [3.63, 3.8) is 0 Å². The van der Waals surface area contributed by atoms with Gasteiger partial charge in [-0.15, -0.1) is 0 Å². The van der Waals surface area contributed by atoms with E-state index in [1.807, 2.05) is 49.6 Å². The van der Waals surface area contributed by atoms with Crippen LogP contribution in [0.1, 0.15) is 59.6 Å². The first kappa shape index (κ1) is 23.3. The summed E-state index contributed by atoms with van der Waals surface area (Å²) in [7, 11) is 0. The number of esters is 1. The Morgan fingerprint density at radius 3 is 2.56 bits per heavy atom. The lowest BCUT2D eigenvalue weighted by Crippen LogP contribution is -2.20. The first-order chi connectivity index (χ1) is 15.3. The molecule has 7 heteroatoms. The monoisotopic (exact) mass is 437 g/mol. The number of amides is 2. The maximum Gasteiger partial charge on any atom is 0.340 e. The fourth-order valence-corrected chi connectivity index (χ4v) is 3.80. The fraction of sp³-hybridized carbons (Fsp3) is 0.400. The summed E-state index contributed by atoms with van der Waals surface area (Å²) in [4.78, 5) is 36.9. The van der Waals surface area contributed by atoms with Gasteiger partial charge in [-0.1, -0.05) is 12.1 Å². The minimum Gasteiger partial charge on any atom is -0.462 e. The van der Waals surface area contributed by atoms with Crippen molar-refractivity contribution in [1.82, 2.24) is 9.88 Å². The maximum absolute atomic E-state index is 12.5. The van der Waals surface area contributed by atoms with E-state index in [0.29, 0.717) is 24.3 Å². The molecule has 3 rings (SSSR count). The summed E-state index contributed by atoms with van der Waals surface area (Å²) in [5.41, 5.74) is 4.55. The third kappa shape index (κ3) is 5.46. The highest BCUT2D eigenvalue weighted by atomic mass is 16.5. The van der Waals surface area contributed by atoms with Crippen molar-refractivity contribution in [3.05, 3.63) is 58.4 Å². The molecule has 1 aromatic heterocycles. The van der Waals surface area contributed by atoms with E-state index in [0.717, 1.165) is 42.0 Å². The molecule has 1 fully saturated rings. The van der Waals surface area contributed by atoms with Crippen molar-refractivity contribution in [2.24, 2.45) is 5.92 Å². The summed E-state index contributed by atoms with van der Waals surface area (Å²) in [5.74, 6) is -0.465. The maximum atomic E-state index is 12.5. The molecule has 0 bridgehead atoms. The Morgan fingerprint density at radius 2 is 1.91 bits per heavy atom. The molecule has 0 aliphatic heterocycles. The molecule has 0 saturated heterocycles. The van der Waals surface area contributed by atoms with Crippen molar-refractivity contribution in [2.45, 2.75) is 53.6 Å². The minimum atomic E-state index is -0.384. The lowest BCUT2D eigenvalue weighted by Gasteiger charge is -2.07. The van der Waals surface area contributed by atoms with Crippen molar-refractivity contribution >= 4 is 29.5 Å². The number of anilines is 1. The second-order valence-electron chi connectivity index (χ2n) is 7.94. The number of hydrogen-bond acceptors (Lipinski definition) is 4. The van der Waals surface area contributed by atoms with E-state index in [2.05, 4.69) is 10.6 Å². The van der Waals surface area contributed by atoms with Gasteiger partial charge in [-0.05, 0) is 64.3 Å². The lowest BCUT2D eigenvalue weighted by molar-refractivity contribution is -0.117. The van der Waals surface area contributed by atoms with Gasteiger partial charge >= 0.3 is 5.97 Å². The van der Waals surface area contributed by atoms with Gasteiger partial charge in [-0.2, -0.15) is 0 Å². The van der Waals surface area contributed by atoms with Gasteiger partial charge in [-0.25, -0.2) is 4.79 Å². The van der Waals surface area contributed by atoms with Crippen molar-refractivity contribution < 1.29 is 19.1 Å². The number of carbonyl (C=O) groups is 3. The molecule has 0 spiro atoms. The lowest BCUT2D eigenvalue weighted by atomic mass is 10.1. The summed E-state index contributed by atoms with van der Waals surface area (Å²) in [6, 6.07) is 7.44. The summed E-state index contributed by atoms with van der Waals surface area (Å²) < 4.78 is 7.25. The summed E-state index contributed by atoms with van der Waals surface area (Å²) >= 11 is 0. The predicted octanol–water partition coefficient (Wildman–Crippen LogP) is 3.98. The zero-order chi connectivity index (χ0) is 23.3. The normalized spacial score (nSPS) is 13.2. The van der Waals surface area contributed by atoms with Crippen LogP contribution >= 0.6 is 0 Å². The molecule has 1 heterocycles. The molecular formula is C25H31N3O4. The van der Waals surface area contributed by atoms with E-state index in [-0.39, 0.29) is 23.7 Å². The number of benzene rings is 1. The Labute approximate surface area is 188 Å². The summed E-state index contributed by atoms with van der Waals surface area (Å²) in [6.07, 6.45) is 5.00. The van der Waals surface area contributed by atoms with Crippen LogP contribution < -0.4 is 10.6 Å². The molecule has 0 atom stereocenters. The third-order valence-corrected chi connectivity index (χ3v) is 5.64. The van der Waals surface area contributed by atoms with Gasteiger partial charge in [0.1, 0.15) is 0 Å². The summed E-state index contributed by atoms with van der Waals surface area (Å²) in [6.45, 7) is 8.93. The van der Waals surface area contributed by atoms with Crippen LogP contribution in [-0.2, 0) is 27.4 Å². The van der Waals surface area contributed by atoms with Gasteiger partial charge < -0.3 is 19.9 Å². The Hall–Kier alpha value is -3.35. The number of carbonyl (C=O) groups excluding carboxylic acids is 3. The van der Waals surface area contributed by atoms with E-state index in [9.17, 15) is 14.4 Å². The molecular weight excluding hydrogens is 406 g/mol. The molecule has 2 amide bonds. The van der Waals surface area contributed by atoms with Crippen molar-refractivity contribution in [3.8, 4) is 0 Å². The number of rotatable bonds is 9. The van der Waals surface area contributed by atoms with Gasteiger partial charge in [0.25, 0.3) is 0 Å². The first-order valence-electron chi connectivity index (χ1n) is 11.1. The molecule has 2 aromatic rings. The molecule has 1 aliphatic rings. The van der Waals surface area contributed by atoms with Crippen LogP contribution in [0.4, 0.5) is 5.69 Å². The highest BCUT2D eigenvalue weighted by Crippen LogP contribution is 2.30. The number of aromatic nitrogens is 1. The minimum absolute atomic E-state index is 0.0520. The average molecular weight is 438 g/mol. The predicted molar refractivity (Wildman–Crippen MR) is 124 cm³/mol. The number of hydrogen-bond donors (Lipinski definition) is 2. The topological polar surface area (TPSA) is 89.4 Å². The van der Waals surface area contributed by atoms with Crippen LogP contribution in [0.2, 0.25) is 0 Å². The van der Waals surface area contributed by atoms with Crippen LogP contribution in [0.3, 0.4) is 0 Å². The molecule has 1 aromatic carbocycles. The molecule has 1 saturated carbocycles. The summed E-state index contributed by atoms with van der Waals surface area (Å²) in [5, 5.41) is 5.77. The Kier molecular flexibility index (Phi) is 7.51. The second-order valence-corrected chi connectivity index (χ2v) is 7.94. The van der Waals surface area contributed by atoms with Crippen LogP contribution in [0.25, 0.3) is 6.08 Å². The van der Waals surface area contributed by atoms with E-state index in [1.165, 1.54) is 6.08 Å². The zero-order valence-electron chi connectivity index (χ0n) is 19.2. The third-order valence-electron chi connectivity index (χ3n) is 5.64. The van der Waals surface area contributed by atoms with E-state index < -0.39 is 0 Å². The van der Waals surface area contributed by atoms with Gasteiger partial charge in [0.2, 0.25) is 11.8 Å². The number of nitrogens with zero attached hydrogens (tertiary/aromatic N) is 1. The van der Waals surface area contributed by atoms with Crippen molar-refractivity contribution in [2.75, 3.05) is 11.9 Å². The average Bonchev–Trinajstić information content (AvgIpc) is 3.58. The first-order valence-corrected chi connectivity index (χ1v) is 11.1. The van der Waals surface area contributed by atoms with Gasteiger partial charge in [-0.3, -0.25) is 9.59 Å². The van der Waals surface area contributed by atoms with Gasteiger partial charge in [0, 0.05) is 47.7 Å². The van der Waals surface area contributed by atoms with Crippen LogP contribution in [0.5, 0.6) is 0 Å². The standard InChI is InChI=1S/C25H31N3O4/c1-5-28-16(3)21(23(17(28)4)25(31)32-6-2)12-13-22(29)26-15-18-8-7-9-20(14-18)27-24(30)19-10-11-19/h7-9,12-14,19H,5-6,10-11,15H2,1-4H3,(H,26,29)(H,27,30)/b13-12+. The molecule has 0 radical (unpaired) electrons. The Balaban J connectivity index is 1.67. The molecule has 7 nitrogen and oxygen atoms in total. The Bertz CT molecular complexity index is 1050. The van der Waals surface area contributed by atoms with Crippen molar-refractivity contribution in [1.29, 1.82) is 0 Å². The highest BCUT2D eigenvalue weighted by molar-refractivity contribution is 5.99. The number of nitrogens with one attached hydrogen (secondary N) is 2. The van der Waals surface area contributed by atoms with E-state index >= 15 is 0 Å². The molecule has 0 unspecified atom stereocenters. The smallest absolute Gasteiger partial charge is 0.340 e. The van der Waals surface area contributed by atoms with E-state index in [4.69, 9.17) is 4.74 Å². The fourth-order valence-electron chi connectivity index (χ4n) is 3.80. The van der Waals surface area contributed by atoms with E-state index in [1.54, 1.807) is 13.0 Å². The highest BCUT2D eigenvalue weighted by Gasteiger charge is 2.29. The van der Waals surface area contributed by atoms with Gasteiger partial charge in [0.15, 0.2) is 0 Å².